The smallest absolute Gasteiger partial charge is 0.118 e. The molecule has 4 heteroatoms. The third-order valence-electron chi connectivity index (χ3n) is 3.69. The SMILES string of the molecule is CNCc1cc(CN2CCC(OC)CC2)oc1C. The fourth-order valence-corrected chi connectivity index (χ4v) is 2.55. The Morgan fingerprint density at radius 3 is 2.78 bits per heavy atom. The van der Waals surface area contributed by atoms with E-state index in [1.807, 2.05) is 14.0 Å². The van der Waals surface area contributed by atoms with Crippen LogP contribution in [-0.4, -0.2) is 38.3 Å². The zero-order valence-corrected chi connectivity index (χ0v) is 11.7. The van der Waals surface area contributed by atoms with Gasteiger partial charge in [-0.2, -0.15) is 0 Å². The molecule has 1 aromatic heterocycles. The Labute approximate surface area is 109 Å². The lowest BCUT2D eigenvalue weighted by Crippen LogP contribution is -2.36. The molecule has 2 heterocycles. The molecule has 0 aliphatic carbocycles. The molecule has 18 heavy (non-hydrogen) atoms. The van der Waals surface area contributed by atoms with Gasteiger partial charge in [-0.1, -0.05) is 0 Å². The van der Waals surface area contributed by atoms with Crippen molar-refractivity contribution >= 4 is 0 Å². The second-order valence-corrected chi connectivity index (χ2v) is 5.04. The van der Waals surface area contributed by atoms with Crippen LogP contribution >= 0.6 is 0 Å². The van der Waals surface area contributed by atoms with Crippen LogP contribution in [0.25, 0.3) is 0 Å². The van der Waals surface area contributed by atoms with Gasteiger partial charge in [0.2, 0.25) is 0 Å². The monoisotopic (exact) mass is 252 g/mol. The molecular weight excluding hydrogens is 228 g/mol. The van der Waals surface area contributed by atoms with Crippen LogP contribution in [0.5, 0.6) is 0 Å². The summed E-state index contributed by atoms with van der Waals surface area (Å²) in [6, 6.07) is 2.17. The molecule has 1 N–H and O–H groups in total. The van der Waals surface area contributed by atoms with Crippen molar-refractivity contribution in [2.24, 2.45) is 0 Å². The average molecular weight is 252 g/mol. The van der Waals surface area contributed by atoms with Crippen molar-refractivity contribution in [1.29, 1.82) is 0 Å². The van der Waals surface area contributed by atoms with E-state index < -0.39 is 0 Å². The highest BCUT2D eigenvalue weighted by molar-refractivity contribution is 5.20. The van der Waals surface area contributed by atoms with Crippen LogP contribution in [-0.2, 0) is 17.8 Å². The van der Waals surface area contributed by atoms with Crippen molar-refractivity contribution in [2.75, 3.05) is 27.2 Å². The molecule has 0 amide bonds. The minimum Gasteiger partial charge on any atom is -0.465 e. The molecule has 1 aromatic rings. The lowest BCUT2D eigenvalue weighted by molar-refractivity contribution is 0.0369. The first kappa shape index (κ1) is 13.6. The number of rotatable bonds is 5. The zero-order chi connectivity index (χ0) is 13.0. The van der Waals surface area contributed by atoms with E-state index in [0.717, 1.165) is 50.5 Å². The second kappa shape index (κ2) is 6.36. The van der Waals surface area contributed by atoms with Crippen LogP contribution in [0.3, 0.4) is 0 Å². The fraction of sp³-hybridized carbons (Fsp3) is 0.714. The van der Waals surface area contributed by atoms with E-state index in [0.29, 0.717) is 6.10 Å². The van der Waals surface area contributed by atoms with E-state index in [-0.39, 0.29) is 0 Å². The molecule has 1 aliphatic rings. The summed E-state index contributed by atoms with van der Waals surface area (Å²) in [5.41, 5.74) is 1.26. The van der Waals surface area contributed by atoms with Gasteiger partial charge in [0.15, 0.2) is 0 Å². The predicted molar refractivity (Wildman–Crippen MR) is 71.5 cm³/mol. The maximum absolute atomic E-state index is 5.81. The van der Waals surface area contributed by atoms with E-state index in [1.54, 1.807) is 7.11 Å². The lowest BCUT2D eigenvalue weighted by Gasteiger charge is -2.30. The van der Waals surface area contributed by atoms with Gasteiger partial charge in [-0.05, 0) is 32.9 Å². The summed E-state index contributed by atoms with van der Waals surface area (Å²) in [5, 5.41) is 3.17. The van der Waals surface area contributed by atoms with E-state index in [9.17, 15) is 0 Å². The average Bonchev–Trinajstić information content (AvgIpc) is 2.71. The molecule has 0 unspecified atom stereocenters. The predicted octanol–water partition coefficient (Wildman–Crippen LogP) is 1.92. The number of ether oxygens (including phenoxy) is 1. The summed E-state index contributed by atoms with van der Waals surface area (Å²) in [5.74, 6) is 2.11. The van der Waals surface area contributed by atoms with Crippen molar-refractivity contribution in [1.82, 2.24) is 10.2 Å². The lowest BCUT2D eigenvalue weighted by atomic mass is 10.1. The van der Waals surface area contributed by atoms with Crippen molar-refractivity contribution in [3.63, 3.8) is 0 Å². The number of aryl methyl sites for hydroxylation is 1. The van der Waals surface area contributed by atoms with Crippen LogP contribution in [0.15, 0.2) is 10.5 Å². The first-order valence-electron chi connectivity index (χ1n) is 6.71. The van der Waals surface area contributed by atoms with Crippen LogP contribution < -0.4 is 5.32 Å². The van der Waals surface area contributed by atoms with Gasteiger partial charge in [0, 0.05) is 32.3 Å². The highest BCUT2D eigenvalue weighted by atomic mass is 16.5. The van der Waals surface area contributed by atoms with Gasteiger partial charge in [-0.25, -0.2) is 0 Å². The normalized spacial score (nSPS) is 18.4. The molecule has 0 spiro atoms. The molecule has 1 aliphatic heterocycles. The van der Waals surface area contributed by atoms with Crippen LogP contribution in [0.4, 0.5) is 0 Å². The van der Waals surface area contributed by atoms with Crippen molar-refractivity contribution in [3.05, 3.63) is 23.2 Å². The first-order valence-corrected chi connectivity index (χ1v) is 6.71. The summed E-state index contributed by atoms with van der Waals surface area (Å²) in [4.78, 5) is 2.44. The number of hydrogen-bond donors (Lipinski definition) is 1. The van der Waals surface area contributed by atoms with E-state index in [2.05, 4.69) is 16.3 Å². The molecule has 0 aromatic carbocycles. The maximum Gasteiger partial charge on any atom is 0.118 e. The standard InChI is InChI=1S/C14H24N2O2/c1-11-12(9-15-2)8-14(18-11)10-16-6-4-13(17-3)5-7-16/h8,13,15H,4-7,9-10H2,1-3H3. The summed E-state index contributed by atoms with van der Waals surface area (Å²) in [6.45, 7) is 6.02. The number of methoxy groups -OCH3 is 1. The van der Waals surface area contributed by atoms with Crippen molar-refractivity contribution < 1.29 is 9.15 Å². The molecule has 1 saturated heterocycles. The first-order chi connectivity index (χ1) is 8.72. The minimum absolute atomic E-state index is 0.444. The number of nitrogens with zero attached hydrogens (tertiary/aromatic N) is 1. The topological polar surface area (TPSA) is 37.6 Å². The van der Waals surface area contributed by atoms with Crippen molar-refractivity contribution in [3.8, 4) is 0 Å². The van der Waals surface area contributed by atoms with Crippen LogP contribution in [0.2, 0.25) is 0 Å². The number of piperidine rings is 1. The molecular formula is C14H24N2O2. The van der Waals surface area contributed by atoms with Gasteiger partial charge in [-0.15, -0.1) is 0 Å². The molecule has 0 bridgehead atoms. The summed E-state index contributed by atoms with van der Waals surface area (Å²) in [7, 11) is 3.77. The van der Waals surface area contributed by atoms with Crippen molar-refractivity contribution in [2.45, 2.75) is 39.0 Å². The Kier molecular flexibility index (Phi) is 4.80. The highest BCUT2D eigenvalue weighted by Crippen LogP contribution is 2.19. The van der Waals surface area contributed by atoms with Gasteiger partial charge >= 0.3 is 0 Å². The Balaban J connectivity index is 1.88. The molecule has 1 fully saturated rings. The highest BCUT2D eigenvalue weighted by Gasteiger charge is 2.19. The summed E-state index contributed by atoms with van der Waals surface area (Å²) in [6.07, 6.45) is 2.69. The minimum atomic E-state index is 0.444. The van der Waals surface area contributed by atoms with Gasteiger partial charge in [0.1, 0.15) is 11.5 Å². The van der Waals surface area contributed by atoms with E-state index in [1.165, 1.54) is 5.56 Å². The Morgan fingerprint density at radius 1 is 1.44 bits per heavy atom. The molecule has 0 atom stereocenters. The Hall–Kier alpha value is -0.840. The molecule has 102 valence electrons. The summed E-state index contributed by atoms with van der Waals surface area (Å²) >= 11 is 0. The van der Waals surface area contributed by atoms with E-state index in [4.69, 9.17) is 9.15 Å². The van der Waals surface area contributed by atoms with Gasteiger partial charge < -0.3 is 14.5 Å². The molecule has 4 nitrogen and oxygen atoms in total. The quantitative estimate of drug-likeness (QED) is 0.869. The summed E-state index contributed by atoms with van der Waals surface area (Å²) < 4.78 is 11.2. The molecule has 0 radical (unpaired) electrons. The largest absolute Gasteiger partial charge is 0.465 e. The zero-order valence-electron chi connectivity index (χ0n) is 11.7. The maximum atomic E-state index is 5.81. The van der Waals surface area contributed by atoms with Gasteiger partial charge in [-0.3, -0.25) is 4.90 Å². The third kappa shape index (κ3) is 3.34. The number of hydrogen-bond acceptors (Lipinski definition) is 4. The van der Waals surface area contributed by atoms with Crippen LogP contribution in [0.1, 0.15) is 29.9 Å². The van der Waals surface area contributed by atoms with E-state index >= 15 is 0 Å². The van der Waals surface area contributed by atoms with Gasteiger partial charge in [0.05, 0.1) is 12.6 Å². The number of likely N-dealkylation sites (tertiary alicyclic amines) is 1. The Morgan fingerprint density at radius 2 is 2.17 bits per heavy atom. The number of furan rings is 1. The third-order valence-corrected chi connectivity index (χ3v) is 3.69. The fourth-order valence-electron chi connectivity index (χ4n) is 2.55. The molecule has 0 saturated carbocycles. The van der Waals surface area contributed by atoms with Crippen LogP contribution in [0, 0.1) is 6.92 Å². The van der Waals surface area contributed by atoms with Gasteiger partial charge in [0.25, 0.3) is 0 Å². The second-order valence-electron chi connectivity index (χ2n) is 5.04. The molecule has 2 rings (SSSR count). The Bertz CT molecular complexity index is 368. The number of nitrogens with one attached hydrogen (secondary N) is 1.